The first-order chi connectivity index (χ1) is 7.58. The van der Waals surface area contributed by atoms with E-state index in [2.05, 4.69) is 0 Å². The van der Waals surface area contributed by atoms with Crippen molar-refractivity contribution in [2.75, 3.05) is 0 Å². The second kappa shape index (κ2) is 4.22. The second-order valence-electron chi connectivity index (χ2n) is 3.67. The van der Waals surface area contributed by atoms with Crippen molar-refractivity contribution in [1.29, 1.82) is 0 Å². The first kappa shape index (κ1) is 11.1. The Labute approximate surface area is 96.3 Å². The van der Waals surface area contributed by atoms with Crippen LogP contribution in [0.3, 0.4) is 0 Å². The summed E-state index contributed by atoms with van der Waals surface area (Å²) in [6.07, 6.45) is 0.549. The van der Waals surface area contributed by atoms with Crippen LogP contribution in [0.1, 0.15) is 16.9 Å². The maximum Gasteiger partial charge on any atom is 0.303 e. The summed E-state index contributed by atoms with van der Waals surface area (Å²) < 4.78 is 14.1. The summed E-state index contributed by atoms with van der Waals surface area (Å²) in [5.41, 5.74) is 0.960. The highest BCUT2D eigenvalue weighted by atomic mass is 32.1. The predicted octanol–water partition coefficient (Wildman–Crippen LogP) is 3.37. The van der Waals surface area contributed by atoms with Crippen molar-refractivity contribution in [1.82, 2.24) is 0 Å². The largest absolute Gasteiger partial charge is 0.481 e. The zero-order chi connectivity index (χ0) is 11.7. The number of carboxylic acids is 1. The van der Waals surface area contributed by atoms with Crippen LogP contribution in [0.2, 0.25) is 0 Å². The minimum Gasteiger partial charge on any atom is -0.481 e. The van der Waals surface area contributed by atoms with Gasteiger partial charge in [-0.15, -0.1) is 11.3 Å². The molecule has 84 valence electrons. The van der Waals surface area contributed by atoms with Crippen molar-refractivity contribution in [3.8, 4) is 0 Å². The van der Waals surface area contributed by atoms with Crippen molar-refractivity contribution in [2.24, 2.45) is 0 Å². The SMILES string of the molecule is Cc1sc2ccc(F)cc2c1CCC(=O)O. The lowest BCUT2D eigenvalue weighted by Crippen LogP contribution is -1.97. The molecule has 0 fully saturated rings. The molecule has 4 heteroatoms. The molecule has 0 saturated heterocycles. The van der Waals surface area contributed by atoms with Gasteiger partial charge in [-0.25, -0.2) is 4.39 Å². The van der Waals surface area contributed by atoms with Crippen molar-refractivity contribution in [3.05, 3.63) is 34.5 Å². The van der Waals surface area contributed by atoms with E-state index in [1.165, 1.54) is 12.1 Å². The maximum atomic E-state index is 13.1. The topological polar surface area (TPSA) is 37.3 Å². The summed E-state index contributed by atoms with van der Waals surface area (Å²) in [4.78, 5) is 11.6. The van der Waals surface area contributed by atoms with E-state index in [0.717, 1.165) is 20.5 Å². The molecule has 0 bridgehead atoms. The third-order valence-corrected chi connectivity index (χ3v) is 3.67. The summed E-state index contributed by atoms with van der Waals surface area (Å²) in [7, 11) is 0. The van der Waals surface area contributed by atoms with Crippen LogP contribution in [0, 0.1) is 12.7 Å². The van der Waals surface area contributed by atoms with Gasteiger partial charge in [0.1, 0.15) is 5.82 Å². The van der Waals surface area contributed by atoms with Crippen molar-refractivity contribution >= 4 is 27.4 Å². The zero-order valence-electron chi connectivity index (χ0n) is 8.79. The number of hydrogen-bond acceptors (Lipinski definition) is 2. The zero-order valence-corrected chi connectivity index (χ0v) is 9.60. The van der Waals surface area contributed by atoms with Gasteiger partial charge in [-0.1, -0.05) is 0 Å². The highest BCUT2D eigenvalue weighted by Gasteiger charge is 2.11. The number of benzene rings is 1. The normalized spacial score (nSPS) is 10.9. The lowest BCUT2D eigenvalue weighted by Gasteiger charge is -1.99. The molecule has 0 aliphatic carbocycles. The van der Waals surface area contributed by atoms with E-state index in [0.29, 0.717) is 6.42 Å². The summed E-state index contributed by atoms with van der Waals surface area (Å²) in [6.45, 7) is 1.94. The minimum absolute atomic E-state index is 0.0865. The molecule has 2 nitrogen and oxygen atoms in total. The van der Waals surface area contributed by atoms with Crippen molar-refractivity contribution in [3.63, 3.8) is 0 Å². The van der Waals surface area contributed by atoms with Crippen LogP contribution in [0.5, 0.6) is 0 Å². The smallest absolute Gasteiger partial charge is 0.303 e. The third kappa shape index (κ3) is 2.07. The number of carbonyl (C=O) groups is 1. The molecule has 0 aliphatic rings. The Bertz CT molecular complexity index is 545. The summed E-state index contributed by atoms with van der Waals surface area (Å²) >= 11 is 1.58. The average molecular weight is 238 g/mol. The molecule has 0 unspecified atom stereocenters. The second-order valence-corrected chi connectivity index (χ2v) is 4.93. The van der Waals surface area contributed by atoms with E-state index < -0.39 is 5.97 Å². The first-order valence-corrected chi connectivity index (χ1v) is 5.79. The molecule has 0 radical (unpaired) electrons. The Balaban J connectivity index is 2.45. The molecule has 0 aliphatic heterocycles. The molecule has 2 aromatic rings. The van der Waals surface area contributed by atoms with Crippen LogP contribution in [-0.2, 0) is 11.2 Å². The number of halogens is 1. The van der Waals surface area contributed by atoms with E-state index in [4.69, 9.17) is 5.11 Å². The van der Waals surface area contributed by atoms with Gasteiger partial charge < -0.3 is 5.11 Å². The number of thiophene rings is 1. The van der Waals surface area contributed by atoms with Crippen LogP contribution in [-0.4, -0.2) is 11.1 Å². The van der Waals surface area contributed by atoms with E-state index >= 15 is 0 Å². The molecule has 1 N–H and O–H groups in total. The fraction of sp³-hybridized carbons (Fsp3) is 0.250. The van der Waals surface area contributed by atoms with Gasteiger partial charge in [0.15, 0.2) is 0 Å². The summed E-state index contributed by atoms with van der Waals surface area (Å²) in [5, 5.41) is 9.51. The average Bonchev–Trinajstić information content (AvgIpc) is 2.51. The van der Waals surface area contributed by atoms with Crippen LogP contribution in [0.15, 0.2) is 18.2 Å². The summed E-state index contributed by atoms with van der Waals surface area (Å²) in [6, 6.07) is 4.65. The van der Waals surface area contributed by atoms with Gasteiger partial charge in [-0.2, -0.15) is 0 Å². The standard InChI is InChI=1S/C12H11FO2S/c1-7-9(3-5-12(14)15)10-6-8(13)2-4-11(10)16-7/h2,4,6H,3,5H2,1H3,(H,14,15). The lowest BCUT2D eigenvalue weighted by atomic mass is 10.1. The van der Waals surface area contributed by atoms with Crippen LogP contribution in [0.25, 0.3) is 10.1 Å². The molecule has 1 heterocycles. The monoisotopic (exact) mass is 238 g/mol. The van der Waals surface area contributed by atoms with Gasteiger partial charge >= 0.3 is 5.97 Å². The van der Waals surface area contributed by atoms with E-state index in [9.17, 15) is 9.18 Å². The van der Waals surface area contributed by atoms with Crippen LogP contribution < -0.4 is 0 Å². The molecule has 16 heavy (non-hydrogen) atoms. The van der Waals surface area contributed by atoms with Gasteiger partial charge in [0, 0.05) is 16.0 Å². The number of rotatable bonds is 3. The van der Waals surface area contributed by atoms with Gasteiger partial charge in [0.2, 0.25) is 0 Å². The molecule has 0 spiro atoms. The number of fused-ring (bicyclic) bond motifs is 1. The highest BCUT2D eigenvalue weighted by Crippen LogP contribution is 2.32. The van der Waals surface area contributed by atoms with Gasteiger partial charge in [0.05, 0.1) is 0 Å². The molecular formula is C12H11FO2S. The quantitative estimate of drug-likeness (QED) is 0.890. The lowest BCUT2D eigenvalue weighted by molar-refractivity contribution is -0.136. The molecule has 0 amide bonds. The molecule has 1 aromatic heterocycles. The Morgan fingerprint density at radius 1 is 1.50 bits per heavy atom. The Hall–Kier alpha value is -1.42. The Morgan fingerprint density at radius 2 is 2.25 bits per heavy atom. The van der Waals surface area contributed by atoms with Crippen LogP contribution >= 0.6 is 11.3 Å². The first-order valence-electron chi connectivity index (χ1n) is 4.97. The Kier molecular flexibility index (Phi) is 2.92. The van der Waals surface area contributed by atoms with Crippen molar-refractivity contribution in [2.45, 2.75) is 19.8 Å². The highest BCUT2D eigenvalue weighted by molar-refractivity contribution is 7.19. The van der Waals surface area contributed by atoms with E-state index in [1.807, 2.05) is 6.92 Å². The van der Waals surface area contributed by atoms with E-state index in [1.54, 1.807) is 17.4 Å². The molecule has 2 rings (SSSR count). The van der Waals surface area contributed by atoms with Gasteiger partial charge in [-0.3, -0.25) is 4.79 Å². The molecular weight excluding hydrogens is 227 g/mol. The van der Waals surface area contributed by atoms with Gasteiger partial charge in [0.25, 0.3) is 0 Å². The van der Waals surface area contributed by atoms with Gasteiger partial charge in [-0.05, 0) is 42.5 Å². The number of aliphatic carboxylic acids is 1. The minimum atomic E-state index is -0.824. The van der Waals surface area contributed by atoms with Crippen LogP contribution in [0.4, 0.5) is 4.39 Å². The number of carboxylic acid groups (broad SMARTS) is 1. The number of hydrogen-bond donors (Lipinski definition) is 1. The summed E-state index contributed by atoms with van der Waals surface area (Å²) in [5.74, 6) is -1.10. The fourth-order valence-corrected chi connectivity index (χ4v) is 2.88. The molecule has 1 aromatic carbocycles. The fourth-order valence-electron chi connectivity index (χ4n) is 1.79. The number of aryl methyl sites for hydroxylation is 2. The third-order valence-electron chi connectivity index (χ3n) is 2.54. The van der Waals surface area contributed by atoms with Crippen molar-refractivity contribution < 1.29 is 14.3 Å². The Morgan fingerprint density at radius 3 is 2.94 bits per heavy atom. The van der Waals surface area contributed by atoms with E-state index in [-0.39, 0.29) is 12.2 Å². The maximum absolute atomic E-state index is 13.1. The predicted molar refractivity (Wildman–Crippen MR) is 62.5 cm³/mol. The molecule has 0 atom stereocenters. The molecule has 0 saturated carbocycles.